The summed E-state index contributed by atoms with van der Waals surface area (Å²) in [4.78, 5) is 11.9. The number of carbonyl (C=O) groups is 1. The van der Waals surface area contributed by atoms with Crippen LogP contribution in [0.5, 0.6) is 5.75 Å². The van der Waals surface area contributed by atoms with Gasteiger partial charge in [0.25, 0.3) is 0 Å². The molecular weight excluding hydrogens is 288 g/mol. The van der Waals surface area contributed by atoms with E-state index in [-0.39, 0.29) is 12.1 Å². The van der Waals surface area contributed by atoms with Crippen molar-refractivity contribution in [2.75, 3.05) is 7.11 Å². The summed E-state index contributed by atoms with van der Waals surface area (Å²) in [6.07, 6.45) is 3.50. The zero-order chi connectivity index (χ0) is 16.7. The summed E-state index contributed by atoms with van der Waals surface area (Å²) in [5.41, 5.74) is 3.27. The molecule has 2 aromatic carbocycles. The number of nitrogens with one attached hydrogen (secondary N) is 2. The molecule has 2 N–H and O–H groups in total. The van der Waals surface area contributed by atoms with Gasteiger partial charge in [-0.25, -0.2) is 4.79 Å². The van der Waals surface area contributed by atoms with E-state index >= 15 is 0 Å². The van der Waals surface area contributed by atoms with Gasteiger partial charge in [0.1, 0.15) is 5.75 Å². The molecule has 4 nitrogen and oxygen atoms in total. The van der Waals surface area contributed by atoms with Gasteiger partial charge in [-0.2, -0.15) is 0 Å². The summed E-state index contributed by atoms with van der Waals surface area (Å²) in [7, 11) is 1.63. The number of ether oxygens (including phenoxy) is 1. The molecule has 2 rings (SSSR count). The highest BCUT2D eigenvalue weighted by molar-refractivity contribution is 5.76. The molecule has 0 aliphatic rings. The van der Waals surface area contributed by atoms with Crippen LogP contribution in [-0.4, -0.2) is 13.1 Å². The molecule has 120 valence electrons. The fraction of sp³-hybridized carbons (Fsp3) is 0.211. The number of methoxy groups -OCH3 is 1. The lowest BCUT2D eigenvalue weighted by atomic mass is 10.1. The van der Waals surface area contributed by atoms with Gasteiger partial charge in [0.15, 0.2) is 0 Å². The first-order valence-electron chi connectivity index (χ1n) is 7.52. The Labute approximate surface area is 137 Å². The quantitative estimate of drug-likeness (QED) is 0.876. The van der Waals surface area contributed by atoms with Gasteiger partial charge in [0.2, 0.25) is 0 Å². The number of carbonyl (C=O) groups excluding carboxylic acids is 1. The molecule has 1 unspecified atom stereocenters. The molecular formula is C19H22N2O2. The molecule has 2 amide bonds. The van der Waals surface area contributed by atoms with Gasteiger partial charge in [0, 0.05) is 6.20 Å². The molecule has 0 saturated carbocycles. The first kappa shape index (κ1) is 16.6. The zero-order valence-corrected chi connectivity index (χ0v) is 13.7. The molecule has 0 aliphatic heterocycles. The second-order valence-corrected chi connectivity index (χ2v) is 5.36. The van der Waals surface area contributed by atoms with E-state index in [1.165, 1.54) is 5.56 Å². The van der Waals surface area contributed by atoms with Crippen LogP contribution in [-0.2, 0) is 0 Å². The van der Waals surface area contributed by atoms with E-state index in [2.05, 4.69) is 10.6 Å². The Bertz CT molecular complexity index is 661. The third-order valence-corrected chi connectivity index (χ3v) is 3.53. The van der Waals surface area contributed by atoms with Crippen LogP contribution in [0.2, 0.25) is 0 Å². The van der Waals surface area contributed by atoms with Crippen LogP contribution >= 0.6 is 0 Å². The summed E-state index contributed by atoms with van der Waals surface area (Å²) < 4.78 is 5.12. The van der Waals surface area contributed by atoms with Crippen molar-refractivity contribution in [3.63, 3.8) is 0 Å². The first-order chi connectivity index (χ1) is 11.1. The normalized spacial score (nSPS) is 12.0. The second-order valence-electron chi connectivity index (χ2n) is 5.36. The highest BCUT2D eigenvalue weighted by Gasteiger charge is 2.08. The SMILES string of the molecule is COc1ccc(C(C)NC(=O)N/C=C/c2ccc(C)cc2)cc1. The number of hydrogen-bond donors (Lipinski definition) is 2. The van der Waals surface area contributed by atoms with Gasteiger partial charge < -0.3 is 15.4 Å². The van der Waals surface area contributed by atoms with Crippen molar-refractivity contribution in [1.29, 1.82) is 0 Å². The predicted octanol–water partition coefficient (Wildman–Crippen LogP) is 4.03. The van der Waals surface area contributed by atoms with Crippen LogP contribution in [0.15, 0.2) is 54.7 Å². The maximum Gasteiger partial charge on any atom is 0.319 e. The Morgan fingerprint density at radius 3 is 2.35 bits per heavy atom. The molecule has 0 bridgehead atoms. The molecule has 4 heteroatoms. The topological polar surface area (TPSA) is 50.4 Å². The van der Waals surface area contributed by atoms with Gasteiger partial charge in [0.05, 0.1) is 13.2 Å². The van der Waals surface area contributed by atoms with Gasteiger partial charge >= 0.3 is 6.03 Å². The van der Waals surface area contributed by atoms with Crippen molar-refractivity contribution in [2.45, 2.75) is 19.9 Å². The number of benzene rings is 2. The van der Waals surface area contributed by atoms with E-state index in [9.17, 15) is 4.79 Å². The van der Waals surface area contributed by atoms with Crippen molar-refractivity contribution in [2.24, 2.45) is 0 Å². The van der Waals surface area contributed by atoms with Crippen molar-refractivity contribution in [3.8, 4) is 5.75 Å². The van der Waals surface area contributed by atoms with E-state index in [1.807, 2.05) is 68.5 Å². The van der Waals surface area contributed by atoms with Crippen molar-refractivity contribution in [3.05, 3.63) is 71.4 Å². The number of rotatable bonds is 5. The van der Waals surface area contributed by atoms with E-state index in [1.54, 1.807) is 13.3 Å². The third kappa shape index (κ3) is 5.18. The van der Waals surface area contributed by atoms with Gasteiger partial charge in [-0.15, -0.1) is 0 Å². The maximum absolute atomic E-state index is 11.9. The predicted molar refractivity (Wildman–Crippen MR) is 93.3 cm³/mol. The monoisotopic (exact) mass is 310 g/mol. The Balaban J connectivity index is 1.84. The highest BCUT2D eigenvalue weighted by atomic mass is 16.5. The van der Waals surface area contributed by atoms with E-state index in [4.69, 9.17) is 4.74 Å². The minimum Gasteiger partial charge on any atom is -0.497 e. The molecule has 0 saturated heterocycles. The molecule has 0 aliphatic carbocycles. The highest BCUT2D eigenvalue weighted by Crippen LogP contribution is 2.17. The Morgan fingerprint density at radius 2 is 1.74 bits per heavy atom. The molecule has 0 fully saturated rings. The molecule has 0 radical (unpaired) electrons. The number of urea groups is 1. The molecule has 0 spiro atoms. The fourth-order valence-corrected chi connectivity index (χ4v) is 2.11. The summed E-state index contributed by atoms with van der Waals surface area (Å²) in [6.45, 7) is 3.98. The lowest BCUT2D eigenvalue weighted by Crippen LogP contribution is -2.34. The lowest BCUT2D eigenvalue weighted by Gasteiger charge is -2.14. The molecule has 0 aromatic heterocycles. The average Bonchev–Trinajstić information content (AvgIpc) is 2.56. The molecule has 2 aromatic rings. The van der Waals surface area contributed by atoms with Crippen LogP contribution in [0.3, 0.4) is 0 Å². The molecule has 1 atom stereocenters. The van der Waals surface area contributed by atoms with E-state index < -0.39 is 0 Å². The van der Waals surface area contributed by atoms with Crippen molar-refractivity contribution >= 4 is 12.1 Å². The Kier molecular flexibility index (Phi) is 5.80. The minimum atomic E-state index is -0.239. The summed E-state index contributed by atoms with van der Waals surface area (Å²) in [6, 6.07) is 15.4. The Morgan fingerprint density at radius 1 is 1.09 bits per heavy atom. The third-order valence-electron chi connectivity index (χ3n) is 3.53. The standard InChI is InChI=1S/C19H22N2O2/c1-14-4-6-16(7-5-14)12-13-20-19(22)21-15(2)17-8-10-18(23-3)11-9-17/h4-13,15H,1-3H3,(H2,20,21,22)/b13-12+. The van der Waals surface area contributed by atoms with Gasteiger partial charge in [-0.3, -0.25) is 0 Å². The summed E-state index contributed by atoms with van der Waals surface area (Å²) in [5, 5.41) is 5.60. The van der Waals surface area contributed by atoms with Crippen LogP contribution in [0.1, 0.15) is 29.7 Å². The van der Waals surface area contributed by atoms with Crippen LogP contribution in [0.25, 0.3) is 6.08 Å². The van der Waals surface area contributed by atoms with Crippen LogP contribution in [0.4, 0.5) is 4.79 Å². The van der Waals surface area contributed by atoms with Crippen molar-refractivity contribution in [1.82, 2.24) is 10.6 Å². The van der Waals surface area contributed by atoms with E-state index in [0.29, 0.717) is 0 Å². The van der Waals surface area contributed by atoms with Gasteiger partial charge in [-0.1, -0.05) is 42.0 Å². The maximum atomic E-state index is 11.9. The van der Waals surface area contributed by atoms with Gasteiger partial charge in [-0.05, 0) is 43.2 Å². The number of aryl methyl sites for hydroxylation is 1. The molecule has 23 heavy (non-hydrogen) atoms. The summed E-state index contributed by atoms with van der Waals surface area (Å²) >= 11 is 0. The average molecular weight is 310 g/mol. The zero-order valence-electron chi connectivity index (χ0n) is 13.7. The fourth-order valence-electron chi connectivity index (χ4n) is 2.11. The van der Waals surface area contributed by atoms with E-state index in [0.717, 1.165) is 16.9 Å². The lowest BCUT2D eigenvalue weighted by molar-refractivity contribution is 0.241. The minimum absolute atomic E-state index is 0.0892. The Hall–Kier alpha value is -2.75. The van der Waals surface area contributed by atoms with Crippen LogP contribution in [0, 0.1) is 6.92 Å². The van der Waals surface area contributed by atoms with Crippen molar-refractivity contribution < 1.29 is 9.53 Å². The smallest absolute Gasteiger partial charge is 0.319 e. The molecule has 0 heterocycles. The number of hydrogen-bond acceptors (Lipinski definition) is 2. The first-order valence-corrected chi connectivity index (χ1v) is 7.52. The van der Waals surface area contributed by atoms with Crippen LogP contribution < -0.4 is 15.4 Å². The largest absolute Gasteiger partial charge is 0.497 e. The summed E-state index contributed by atoms with van der Waals surface area (Å²) in [5.74, 6) is 0.798. The second kappa shape index (κ2) is 8.03. The number of amides is 2.